The molecule has 1 aliphatic rings. The third-order valence-corrected chi connectivity index (χ3v) is 4.44. The average Bonchev–Trinajstić information content (AvgIpc) is 2.46. The van der Waals surface area contributed by atoms with Crippen molar-refractivity contribution >= 4 is 33.8 Å². The highest BCUT2D eigenvalue weighted by atomic mass is 79.9. The average molecular weight is 355 g/mol. The van der Waals surface area contributed by atoms with Gasteiger partial charge in [-0.1, -0.05) is 28.1 Å². The van der Waals surface area contributed by atoms with E-state index in [1.165, 1.54) is 0 Å². The van der Waals surface area contributed by atoms with E-state index in [1.54, 1.807) is 7.11 Å². The van der Waals surface area contributed by atoms with Crippen LogP contribution in [0.1, 0.15) is 18.4 Å². The Labute approximate surface area is 130 Å². The fourth-order valence-corrected chi connectivity index (χ4v) is 2.57. The van der Waals surface area contributed by atoms with Crippen molar-refractivity contribution in [1.82, 2.24) is 10.6 Å². The van der Waals surface area contributed by atoms with Crippen LogP contribution in [0, 0.1) is 0 Å². The van der Waals surface area contributed by atoms with Crippen molar-refractivity contribution < 1.29 is 19.1 Å². The summed E-state index contributed by atoms with van der Waals surface area (Å²) in [7, 11) is 1.60. The second-order valence-electron chi connectivity index (χ2n) is 4.74. The maximum absolute atomic E-state index is 11.8. The van der Waals surface area contributed by atoms with Crippen LogP contribution in [0.5, 0.6) is 5.75 Å². The maximum atomic E-state index is 11.8. The predicted octanol–water partition coefficient (Wildman–Crippen LogP) is 1.52. The van der Waals surface area contributed by atoms with Crippen LogP contribution in [0.25, 0.3) is 0 Å². The van der Waals surface area contributed by atoms with E-state index in [-0.39, 0.29) is 0 Å². The lowest BCUT2D eigenvalue weighted by Gasteiger charge is -2.28. The number of imide groups is 2. The van der Waals surface area contributed by atoms with Gasteiger partial charge in [-0.25, -0.2) is 4.79 Å². The zero-order valence-electron chi connectivity index (χ0n) is 11.4. The molecule has 21 heavy (non-hydrogen) atoms. The van der Waals surface area contributed by atoms with Crippen LogP contribution in [0.15, 0.2) is 24.3 Å². The number of carbonyl (C=O) groups is 3. The van der Waals surface area contributed by atoms with Crippen molar-refractivity contribution in [3.63, 3.8) is 0 Å². The summed E-state index contributed by atoms with van der Waals surface area (Å²) in [6, 6.07) is 6.81. The largest absolute Gasteiger partial charge is 0.497 e. The monoisotopic (exact) mass is 354 g/mol. The molecule has 4 amide bonds. The molecule has 6 nitrogen and oxygen atoms in total. The summed E-state index contributed by atoms with van der Waals surface area (Å²) < 4.78 is 3.70. The molecule has 1 saturated heterocycles. The van der Waals surface area contributed by atoms with Gasteiger partial charge in [0, 0.05) is 0 Å². The molecule has 2 rings (SSSR count). The summed E-state index contributed by atoms with van der Waals surface area (Å²) in [5, 5.41) is 4.18. The van der Waals surface area contributed by atoms with Crippen LogP contribution in [-0.2, 0) is 16.0 Å². The van der Waals surface area contributed by atoms with Crippen molar-refractivity contribution in [2.45, 2.75) is 23.6 Å². The van der Waals surface area contributed by atoms with Crippen LogP contribution >= 0.6 is 15.9 Å². The summed E-state index contributed by atoms with van der Waals surface area (Å²) in [5.41, 5.74) is 1.08. The number of amides is 4. The molecule has 1 heterocycles. The minimum absolute atomic E-state index is 0.296. The van der Waals surface area contributed by atoms with E-state index in [9.17, 15) is 14.4 Å². The molecule has 0 atom stereocenters. The van der Waals surface area contributed by atoms with Gasteiger partial charge in [0.1, 0.15) is 5.75 Å². The predicted molar refractivity (Wildman–Crippen MR) is 79.3 cm³/mol. The second-order valence-corrected chi connectivity index (χ2v) is 6.09. The molecule has 1 aliphatic heterocycles. The molecule has 1 fully saturated rings. The molecule has 0 aromatic heterocycles. The molecule has 0 radical (unpaired) electrons. The first-order valence-corrected chi connectivity index (χ1v) is 7.24. The van der Waals surface area contributed by atoms with Crippen molar-refractivity contribution in [2.75, 3.05) is 7.11 Å². The minimum atomic E-state index is -1.38. The number of benzene rings is 1. The summed E-state index contributed by atoms with van der Waals surface area (Å²) >= 11 is 3.15. The molecule has 1 aromatic rings. The molecule has 112 valence electrons. The minimum Gasteiger partial charge on any atom is -0.497 e. The van der Waals surface area contributed by atoms with Gasteiger partial charge in [-0.05, 0) is 37.0 Å². The summed E-state index contributed by atoms with van der Waals surface area (Å²) in [4.78, 5) is 34.6. The lowest BCUT2D eigenvalue weighted by atomic mass is 9.96. The Hall–Kier alpha value is -1.89. The van der Waals surface area contributed by atoms with Gasteiger partial charge >= 0.3 is 6.03 Å². The van der Waals surface area contributed by atoms with Crippen LogP contribution in [0.4, 0.5) is 4.79 Å². The topological polar surface area (TPSA) is 84.5 Å². The summed E-state index contributed by atoms with van der Waals surface area (Å²) in [6.45, 7) is 0. The highest BCUT2D eigenvalue weighted by Crippen LogP contribution is 2.28. The van der Waals surface area contributed by atoms with Gasteiger partial charge in [0.05, 0.1) is 7.11 Å². The Morgan fingerprint density at radius 2 is 1.67 bits per heavy atom. The number of hydrogen-bond donors (Lipinski definition) is 2. The number of urea groups is 1. The molecule has 0 saturated carbocycles. The summed E-state index contributed by atoms with van der Waals surface area (Å²) in [6.07, 6.45) is 1.63. The number of hydrogen-bond acceptors (Lipinski definition) is 4. The number of alkyl halides is 1. The van der Waals surface area contributed by atoms with Crippen LogP contribution in [-0.4, -0.2) is 29.3 Å². The molecule has 0 bridgehead atoms. The van der Waals surface area contributed by atoms with Gasteiger partial charge in [-0.15, -0.1) is 0 Å². The Balaban J connectivity index is 1.93. The number of aryl methyl sites for hydroxylation is 1. The fraction of sp³-hybridized carbons (Fsp3) is 0.357. The van der Waals surface area contributed by atoms with Crippen molar-refractivity contribution in [2.24, 2.45) is 0 Å². The maximum Gasteiger partial charge on any atom is 0.328 e. The molecular weight excluding hydrogens is 340 g/mol. The second kappa shape index (κ2) is 6.26. The van der Waals surface area contributed by atoms with Gasteiger partial charge in [0.2, 0.25) is 0 Å². The SMILES string of the molecule is COc1ccc(CCCC2(Br)C(=O)NC(=O)NC2=O)cc1. The van der Waals surface area contributed by atoms with Crippen LogP contribution in [0.2, 0.25) is 0 Å². The van der Waals surface area contributed by atoms with Gasteiger partial charge in [0.25, 0.3) is 11.8 Å². The van der Waals surface area contributed by atoms with Crippen molar-refractivity contribution in [3.8, 4) is 5.75 Å². The molecule has 1 aromatic carbocycles. The van der Waals surface area contributed by atoms with Crippen LogP contribution < -0.4 is 15.4 Å². The Morgan fingerprint density at radius 1 is 1.10 bits per heavy atom. The quantitative estimate of drug-likeness (QED) is 0.620. The van der Waals surface area contributed by atoms with E-state index in [0.29, 0.717) is 19.3 Å². The van der Waals surface area contributed by atoms with Gasteiger partial charge < -0.3 is 4.74 Å². The molecule has 0 spiro atoms. The number of halogens is 1. The number of barbiturate groups is 1. The van der Waals surface area contributed by atoms with Gasteiger partial charge in [-0.2, -0.15) is 0 Å². The van der Waals surface area contributed by atoms with E-state index in [0.717, 1.165) is 11.3 Å². The number of methoxy groups -OCH3 is 1. The Bertz CT molecular complexity index is 551. The number of rotatable bonds is 5. The fourth-order valence-electron chi connectivity index (χ4n) is 2.09. The third kappa shape index (κ3) is 3.41. The standard InChI is InChI=1S/C14H15BrN2O4/c1-21-10-6-4-9(5-7-10)3-2-8-14(15)11(18)16-13(20)17-12(14)19/h4-7H,2-3,8H2,1H3,(H2,16,17,18,19,20). The highest BCUT2D eigenvalue weighted by Gasteiger charge is 2.47. The Kier molecular flexibility index (Phi) is 4.62. The van der Waals surface area contributed by atoms with Crippen molar-refractivity contribution in [1.29, 1.82) is 0 Å². The zero-order chi connectivity index (χ0) is 15.5. The molecule has 7 heteroatoms. The van der Waals surface area contributed by atoms with E-state index >= 15 is 0 Å². The zero-order valence-corrected chi connectivity index (χ0v) is 13.0. The number of carbonyl (C=O) groups excluding carboxylic acids is 3. The first kappa shape index (κ1) is 15.5. The Morgan fingerprint density at radius 3 is 2.19 bits per heavy atom. The number of ether oxygens (including phenoxy) is 1. The van der Waals surface area contributed by atoms with Gasteiger partial charge in [-0.3, -0.25) is 20.2 Å². The summed E-state index contributed by atoms with van der Waals surface area (Å²) in [5.74, 6) is -0.461. The van der Waals surface area contributed by atoms with Crippen LogP contribution in [0.3, 0.4) is 0 Å². The first-order valence-electron chi connectivity index (χ1n) is 6.44. The third-order valence-electron chi connectivity index (χ3n) is 3.32. The number of nitrogens with one attached hydrogen (secondary N) is 2. The van der Waals surface area contributed by atoms with E-state index in [4.69, 9.17) is 4.74 Å². The molecule has 0 unspecified atom stereocenters. The van der Waals surface area contributed by atoms with Crippen molar-refractivity contribution in [3.05, 3.63) is 29.8 Å². The lowest BCUT2D eigenvalue weighted by Crippen LogP contribution is -2.63. The lowest BCUT2D eigenvalue weighted by molar-refractivity contribution is -0.133. The van der Waals surface area contributed by atoms with E-state index in [2.05, 4.69) is 26.6 Å². The first-order chi connectivity index (χ1) is 9.95. The normalized spacial score (nSPS) is 17.1. The van der Waals surface area contributed by atoms with E-state index in [1.807, 2.05) is 24.3 Å². The molecule has 2 N–H and O–H groups in total. The smallest absolute Gasteiger partial charge is 0.328 e. The molecule has 0 aliphatic carbocycles. The highest BCUT2D eigenvalue weighted by molar-refractivity contribution is 9.10. The molecular formula is C14H15BrN2O4. The van der Waals surface area contributed by atoms with E-state index < -0.39 is 22.2 Å². The van der Waals surface area contributed by atoms with Gasteiger partial charge in [0.15, 0.2) is 4.32 Å².